The lowest BCUT2D eigenvalue weighted by Crippen LogP contribution is -2.42. The number of benzene rings is 2. The Kier molecular flexibility index (Phi) is 7.26. The summed E-state index contributed by atoms with van der Waals surface area (Å²) in [7, 11) is 0. The van der Waals surface area contributed by atoms with Crippen LogP contribution in [0.5, 0.6) is 11.5 Å². The van der Waals surface area contributed by atoms with Gasteiger partial charge < -0.3 is 9.47 Å². The molecule has 0 fully saturated rings. The summed E-state index contributed by atoms with van der Waals surface area (Å²) < 4.78 is 107. The van der Waals surface area contributed by atoms with E-state index in [-0.39, 0.29) is 36.0 Å². The number of fused-ring (bicyclic) bond motifs is 1. The van der Waals surface area contributed by atoms with Gasteiger partial charge in [0.1, 0.15) is 5.75 Å². The summed E-state index contributed by atoms with van der Waals surface area (Å²) in [6.45, 7) is 4.05. The van der Waals surface area contributed by atoms with Gasteiger partial charge in [-0.05, 0) is 45.0 Å². The van der Waals surface area contributed by atoms with Crippen LogP contribution in [0.25, 0.3) is 11.0 Å². The molecule has 2 aromatic carbocycles. The maximum absolute atomic E-state index is 14.4. The number of carbonyl (C=O) groups excluding carboxylic acids is 1. The highest BCUT2D eigenvalue weighted by Gasteiger charge is 2.49. The molecule has 0 aliphatic rings. The zero-order valence-electron chi connectivity index (χ0n) is 18.5. The number of aromatic nitrogens is 2. The lowest BCUT2D eigenvalue weighted by molar-refractivity contribution is -0.689. The van der Waals surface area contributed by atoms with Gasteiger partial charge in [-0.3, -0.25) is 0 Å². The average molecular weight is 528 g/mol. The van der Waals surface area contributed by atoms with Crippen molar-refractivity contribution >= 4 is 28.6 Å². The number of hydrogen-bond acceptors (Lipinski definition) is 3. The Balaban J connectivity index is 2.20. The number of aryl methyl sites for hydroxylation is 1. The van der Waals surface area contributed by atoms with E-state index in [2.05, 4.69) is 0 Å². The fourth-order valence-electron chi connectivity index (χ4n) is 3.66. The van der Waals surface area contributed by atoms with Crippen LogP contribution in [-0.2, 0) is 28.4 Å². The lowest BCUT2D eigenvalue weighted by atomic mass is 10.2. The van der Waals surface area contributed by atoms with E-state index in [1.807, 2.05) is 0 Å². The van der Waals surface area contributed by atoms with Crippen molar-refractivity contribution in [3.63, 3.8) is 0 Å². The molecule has 0 saturated heterocycles. The SMILES string of the molecule is CCOC(=O)C(C)n1c(C(F)(F)F)[n+](CC)c2ccc(Oc3c(F)cc(C(F)(F)F)cc3Cl)cc21. The summed E-state index contributed by atoms with van der Waals surface area (Å²) in [5.74, 6) is -4.42. The molecular weight excluding hydrogens is 509 g/mol. The zero-order chi connectivity index (χ0) is 26.3. The summed E-state index contributed by atoms with van der Waals surface area (Å²) in [5.41, 5.74) is -1.35. The van der Waals surface area contributed by atoms with Gasteiger partial charge in [0.05, 0.1) is 23.7 Å². The van der Waals surface area contributed by atoms with E-state index in [4.69, 9.17) is 21.1 Å². The minimum absolute atomic E-state index is 0.0580. The Morgan fingerprint density at radius 3 is 2.26 bits per heavy atom. The van der Waals surface area contributed by atoms with Gasteiger partial charge in [0.2, 0.25) is 0 Å². The summed E-state index contributed by atoms with van der Waals surface area (Å²) >= 11 is 5.79. The standard InChI is InChI=1S/C22H19ClF7N2O3/c1-4-31-16-7-6-13(35-18-14(23)8-12(9-15(18)24)21(25,26)27)10-17(16)32(20(31)22(28,29)30)11(3)19(33)34-5-2/h6-11H,4-5H2,1-3H3/q+1. The second-order valence-electron chi connectivity index (χ2n) is 7.38. The molecule has 3 rings (SSSR count). The van der Waals surface area contributed by atoms with Crippen LogP contribution in [0.2, 0.25) is 5.02 Å². The van der Waals surface area contributed by atoms with Crippen LogP contribution in [0.1, 0.15) is 38.2 Å². The fourth-order valence-corrected chi connectivity index (χ4v) is 3.90. The summed E-state index contributed by atoms with van der Waals surface area (Å²) in [5, 5.41) is -0.688. The number of esters is 1. The highest BCUT2D eigenvalue weighted by molar-refractivity contribution is 6.32. The molecule has 1 aromatic heterocycles. The first-order chi connectivity index (χ1) is 16.2. The molecule has 0 bridgehead atoms. The molecule has 190 valence electrons. The number of halogens is 8. The number of nitrogens with zero attached hydrogens (tertiary/aromatic N) is 2. The van der Waals surface area contributed by atoms with Crippen molar-refractivity contribution in [2.24, 2.45) is 0 Å². The molecule has 0 spiro atoms. The van der Waals surface area contributed by atoms with Gasteiger partial charge in [0.25, 0.3) is 0 Å². The summed E-state index contributed by atoms with van der Waals surface area (Å²) in [6, 6.07) is 2.84. The maximum Gasteiger partial charge on any atom is 0.495 e. The number of hydrogen-bond donors (Lipinski definition) is 0. The van der Waals surface area contributed by atoms with E-state index in [0.717, 1.165) is 15.2 Å². The van der Waals surface area contributed by atoms with E-state index in [9.17, 15) is 35.5 Å². The van der Waals surface area contributed by atoms with Crippen molar-refractivity contribution in [3.05, 3.63) is 52.6 Å². The number of alkyl halides is 6. The Morgan fingerprint density at radius 2 is 1.74 bits per heavy atom. The Hall–Kier alpha value is -3.02. The predicted molar refractivity (Wildman–Crippen MR) is 111 cm³/mol. The molecule has 0 radical (unpaired) electrons. The topological polar surface area (TPSA) is 44.3 Å². The molecule has 1 heterocycles. The van der Waals surface area contributed by atoms with E-state index >= 15 is 0 Å². The first-order valence-electron chi connectivity index (χ1n) is 10.3. The van der Waals surface area contributed by atoms with Crippen LogP contribution in [0.4, 0.5) is 30.7 Å². The minimum Gasteiger partial charge on any atom is -0.463 e. The van der Waals surface area contributed by atoms with Gasteiger partial charge in [-0.2, -0.15) is 26.3 Å². The Morgan fingerprint density at radius 1 is 1.09 bits per heavy atom. The largest absolute Gasteiger partial charge is 0.495 e. The molecule has 1 atom stereocenters. The molecule has 0 saturated carbocycles. The quantitative estimate of drug-likeness (QED) is 0.204. The highest BCUT2D eigenvalue weighted by Crippen LogP contribution is 2.40. The summed E-state index contributed by atoms with van der Waals surface area (Å²) in [4.78, 5) is 12.3. The van der Waals surface area contributed by atoms with E-state index < -0.39 is 52.3 Å². The maximum atomic E-state index is 14.4. The second-order valence-corrected chi connectivity index (χ2v) is 7.79. The van der Waals surface area contributed by atoms with E-state index in [1.165, 1.54) is 32.9 Å². The molecule has 35 heavy (non-hydrogen) atoms. The zero-order valence-corrected chi connectivity index (χ0v) is 19.3. The van der Waals surface area contributed by atoms with Gasteiger partial charge in [-0.15, -0.1) is 0 Å². The van der Waals surface area contributed by atoms with Crippen LogP contribution >= 0.6 is 11.6 Å². The molecule has 0 aliphatic carbocycles. The number of carbonyl (C=O) groups is 1. The van der Waals surface area contributed by atoms with Gasteiger partial charge in [0, 0.05) is 6.07 Å². The average Bonchev–Trinajstić information content (AvgIpc) is 3.09. The van der Waals surface area contributed by atoms with Crippen LogP contribution < -0.4 is 9.30 Å². The van der Waals surface area contributed by atoms with Crippen molar-refractivity contribution < 1.29 is 49.6 Å². The van der Waals surface area contributed by atoms with Crippen molar-refractivity contribution in [2.45, 2.75) is 45.7 Å². The third-order valence-corrected chi connectivity index (χ3v) is 5.39. The van der Waals surface area contributed by atoms with Gasteiger partial charge in [-0.1, -0.05) is 11.6 Å². The smallest absolute Gasteiger partial charge is 0.463 e. The number of imidazole rings is 1. The van der Waals surface area contributed by atoms with Gasteiger partial charge in [0.15, 0.2) is 28.6 Å². The number of rotatable bonds is 6. The van der Waals surface area contributed by atoms with Gasteiger partial charge >= 0.3 is 24.1 Å². The monoisotopic (exact) mass is 527 g/mol. The van der Waals surface area contributed by atoms with Crippen molar-refractivity contribution in [2.75, 3.05) is 6.61 Å². The summed E-state index contributed by atoms with van der Waals surface area (Å²) in [6.07, 6.45) is -9.71. The van der Waals surface area contributed by atoms with Gasteiger partial charge in [-0.25, -0.2) is 18.3 Å². The van der Waals surface area contributed by atoms with Crippen LogP contribution in [0.3, 0.4) is 0 Å². The molecular formula is C22H19ClF7N2O3+. The van der Waals surface area contributed by atoms with E-state index in [0.29, 0.717) is 6.07 Å². The van der Waals surface area contributed by atoms with Crippen molar-refractivity contribution in [1.29, 1.82) is 0 Å². The van der Waals surface area contributed by atoms with Crippen molar-refractivity contribution in [3.8, 4) is 11.5 Å². The predicted octanol–water partition coefficient (Wildman–Crippen LogP) is 6.70. The fraction of sp³-hybridized carbons (Fsp3) is 0.364. The second kappa shape index (κ2) is 9.56. The Labute approximate surface area is 199 Å². The van der Waals surface area contributed by atoms with Crippen molar-refractivity contribution in [1.82, 2.24) is 4.57 Å². The van der Waals surface area contributed by atoms with Crippen LogP contribution in [0.15, 0.2) is 30.3 Å². The molecule has 0 N–H and O–H groups in total. The normalized spacial score (nSPS) is 13.2. The van der Waals surface area contributed by atoms with E-state index in [1.54, 1.807) is 0 Å². The molecule has 3 aromatic rings. The van der Waals surface area contributed by atoms with Crippen LogP contribution in [0, 0.1) is 5.82 Å². The molecule has 5 nitrogen and oxygen atoms in total. The highest BCUT2D eigenvalue weighted by atomic mass is 35.5. The molecule has 1 unspecified atom stereocenters. The minimum atomic E-state index is -4.86. The number of ether oxygens (including phenoxy) is 2. The lowest BCUT2D eigenvalue weighted by Gasteiger charge is -2.13. The molecule has 0 aliphatic heterocycles. The first kappa shape index (κ1) is 26.6. The Bertz CT molecular complexity index is 1250. The molecule has 0 amide bonds. The first-order valence-corrected chi connectivity index (χ1v) is 10.6. The third kappa shape index (κ3) is 5.16. The third-order valence-electron chi connectivity index (χ3n) is 5.11. The molecule has 13 heteroatoms. The van der Waals surface area contributed by atoms with Crippen LogP contribution in [-0.4, -0.2) is 17.1 Å².